The van der Waals surface area contributed by atoms with E-state index in [9.17, 15) is 9.59 Å². The van der Waals surface area contributed by atoms with Crippen molar-refractivity contribution in [1.29, 1.82) is 0 Å². The lowest BCUT2D eigenvalue weighted by molar-refractivity contribution is -0.118. The van der Waals surface area contributed by atoms with Gasteiger partial charge in [-0.05, 0) is 18.6 Å². The highest BCUT2D eigenvalue weighted by Gasteiger charge is 2.24. The van der Waals surface area contributed by atoms with Crippen molar-refractivity contribution in [3.8, 4) is 0 Å². The van der Waals surface area contributed by atoms with E-state index in [1.807, 2.05) is 6.07 Å². The average Bonchev–Trinajstić information content (AvgIpc) is 3.24. The summed E-state index contributed by atoms with van der Waals surface area (Å²) in [5, 5.41) is 11.9. The normalized spacial score (nSPS) is 11.7. The number of aryl methyl sites for hydroxylation is 1. The summed E-state index contributed by atoms with van der Waals surface area (Å²) >= 11 is 0. The van der Waals surface area contributed by atoms with Crippen LogP contribution in [-0.4, -0.2) is 22.0 Å². The minimum Gasteiger partial charge on any atom is -0.469 e. The molecule has 7 heteroatoms. The number of benzene rings is 1. The molecule has 7 nitrogen and oxygen atoms in total. The van der Waals surface area contributed by atoms with Gasteiger partial charge in [-0.3, -0.25) is 14.7 Å². The Morgan fingerprint density at radius 3 is 2.58 bits per heavy atom. The van der Waals surface area contributed by atoms with E-state index >= 15 is 0 Å². The number of aromatic amines is 1. The molecule has 0 aliphatic heterocycles. The van der Waals surface area contributed by atoms with Crippen LogP contribution in [0.4, 0.5) is 5.82 Å². The first-order valence-corrected chi connectivity index (χ1v) is 7.35. The van der Waals surface area contributed by atoms with E-state index in [0.717, 1.165) is 0 Å². The Morgan fingerprint density at radius 2 is 1.96 bits per heavy atom. The lowest BCUT2D eigenvalue weighted by atomic mass is 10.1. The fourth-order valence-corrected chi connectivity index (χ4v) is 2.31. The number of rotatable bonds is 5. The van der Waals surface area contributed by atoms with Gasteiger partial charge >= 0.3 is 0 Å². The first kappa shape index (κ1) is 15.5. The molecule has 0 saturated heterocycles. The van der Waals surface area contributed by atoms with Crippen LogP contribution in [0.25, 0.3) is 0 Å². The van der Waals surface area contributed by atoms with Crippen LogP contribution < -0.4 is 10.6 Å². The molecule has 0 unspecified atom stereocenters. The van der Waals surface area contributed by atoms with Crippen molar-refractivity contribution in [1.82, 2.24) is 15.5 Å². The monoisotopic (exact) mass is 324 g/mol. The third kappa shape index (κ3) is 3.35. The average molecular weight is 324 g/mol. The summed E-state index contributed by atoms with van der Waals surface area (Å²) in [5.74, 6) is 0.192. The first-order valence-electron chi connectivity index (χ1n) is 7.35. The van der Waals surface area contributed by atoms with Gasteiger partial charge in [0.05, 0.1) is 18.0 Å². The fraction of sp³-hybridized carbons (Fsp3) is 0.118. The van der Waals surface area contributed by atoms with Crippen molar-refractivity contribution in [2.24, 2.45) is 0 Å². The number of amides is 2. The zero-order valence-electron chi connectivity index (χ0n) is 12.9. The SMILES string of the molecule is Cc1occc1C(=O)N[C@@H](C(=O)Nc1ccn[nH]1)c1ccccc1. The van der Waals surface area contributed by atoms with Crippen molar-refractivity contribution < 1.29 is 14.0 Å². The Balaban J connectivity index is 1.84. The number of aromatic nitrogens is 2. The molecule has 0 radical (unpaired) electrons. The number of hydrogen-bond acceptors (Lipinski definition) is 4. The predicted octanol–water partition coefficient (Wildman–Crippen LogP) is 2.42. The van der Waals surface area contributed by atoms with Crippen LogP contribution in [0, 0.1) is 6.92 Å². The second kappa shape index (κ2) is 6.82. The molecule has 0 aliphatic carbocycles. The van der Waals surface area contributed by atoms with Crippen LogP contribution in [0.5, 0.6) is 0 Å². The van der Waals surface area contributed by atoms with Crippen molar-refractivity contribution in [2.75, 3.05) is 5.32 Å². The molecule has 0 spiro atoms. The van der Waals surface area contributed by atoms with E-state index in [0.29, 0.717) is 22.7 Å². The van der Waals surface area contributed by atoms with Crippen LogP contribution in [0.3, 0.4) is 0 Å². The molecule has 3 rings (SSSR count). The molecule has 0 aliphatic rings. The van der Waals surface area contributed by atoms with Crippen LogP contribution in [0.1, 0.15) is 27.7 Å². The molecule has 122 valence electrons. The van der Waals surface area contributed by atoms with Crippen molar-refractivity contribution in [3.63, 3.8) is 0 Å². The maximum absolute atomic E-state index is 12.6. The lowest BCUT2D eigenvalue weighted by Gasteiger charge is -2.18. The van der Waals surface area contributed by atoms with E-state index in [-0.39, 0.29) is 11.8 Å². The van der Waals surface area contributed by atoms with Gasteiger partial charge in [0.25, 0.3) is 11.8 Å². The van der Waals surface area contributed by atoms with E-state index in [1.54, 1.807) is 43.3 Å². The minimum absolute atomic E-state index is 0.375. The molecule has 2 amide bonds. The van der Waals surface area contributed by atoms with Gasteiger partial charge in [-0.1, -0.05) is 30.3 Å². The molecule has 24 heavy (non-hydrogen) atoms. The van der Waals surface area contributed by atoms with Gasteiger partial charge in [0.2, 0.25) is 0 Å². The molecule has 3 N–H and O–H groups in total. The standard InChI is InChI=1S/C17H16N4O3/c1-11-13(8-10-24-11)16(22)20-15(12-5-3-2-4-6-12)17(23)19-14-7-9-18-21-14/h2-10,15H,1H3,(H,20,22)(H2,18,19,21,23)/t15-/m1/s1. The second-order valence-corrected chi connectivity index (χ2v) is 5.17. The number of carbonyl (C=O) groups excluding carboxylic acids is 2. The quantitative estimate of drug-likeness (QED) is 0.671. The molecule has 3 aromatic rings. The van der Waals surface area contributed by atoms with Gasteiger partial charge in [-0.15, -0.1) is 0 Å². The molecule has 0 fully saturated rings. The Kier molecular flexibility index (Phi) is 4.42. The Labute approximate surface area is 138 Å². The molecular weight excluding hydrogens is 308 g/mol. The summed E-state index contributed by atoms with van der Waals surface area (Å²) in [7, 11) is 0. The molecular formula is C17H16N4O3. The molecule has 2 aromatic heterocycles. The number of furan rings is 1. The van der Waals surface area contributed by atoms with E-state index in [1.165, 1.54) is 12.5 Å². The van der Waals surface area contributed by atoms with Gasteiger partial charge in [0.15, 0.2) is 0 Å². The predicted molar refractivity (Wildman–Crippen MR) is 87.3 cm³/mol. The zero-order chi connectivity index (χ0) is 16.9. The summed E-state index contributed by atoms with van der Waals surface area (Å²) in [4.78, 5) is 25.0. The van der Waals surface area contributed by atoms with Gasteiger partial charge in [-0.25, -0.2) is 0 Å². The number of H-pyrrole nitrogens is 1. The molecule has 2 heterocycles. The van der Waals surface area contributed by atoms with Crippen molar-refractivity contribution in [2.45, 2.75) is 13.0 Å². The fourth-order valence-electron chi connectivity index (χ4n) is 2.31. The van der Waals surface area contributed by atoms with Gasteiger partial charge in [0.1, 0.15) is 17.6 Å². The summed E-state index contributed by atoms with van der Waals surface area (Å²) in [6.45, 7) is 1.69. The van der Waals surface area contributed by atoms with E-state index in [2.05, 4.69) is 20.8 Å². The second-order valence-electron chi connectivity index (χ2n) is 5.17. The largest absolute Gasteiger partial charge is 0.469 e. The molecule has 1 aromatic carbocycles. The summed E-state index contributed by atoms with van der Waals surface area (Å²) in [5.41, 5.74) is 1.06. The highest BCUT2D eigenvalue weighted by Crippen LogP contribution is 2.17. The highest BCUT2D eigenvalue weighted by atomic mass is 16.3. The number of carbonyl (C=O) groups is 2. The van der Waals surface area contributed by atoms with Crippen LogP contribution >= 0.6 is 0 Å². The van der Waals surface area contributed by atoms with Crippen LogP contribution in [-0.2, 0) is 4.79 Å². The third-order valence-electron chi connectivity index (χ3n) is 3.53. The number of nitrogens with zero attached hydrogens (tertiary/aromatic N) is 1. The van der Waals surface area contributed by atoms with E-state index in [4.69, 9.17) is 4.42 Å². The Bertz CT molecular complexity index is 825. The van der Waals surface area contributed by atoms with Gasteiger partial charge in [-0.2, -0.15) is 5.10 Å². The topological polar surface area (TPSA) is 100 Å². The zero-order valence-corrected chi connectivity index (χ0v) is 12.9. The molecule has 0 saturated carbocycles. The maximum Gasteiger partial charge on any atom is 0.255 e. The van der Waals surface area contributed by atoms with Crippen LogP contribution in [0.2, 0.25) is 0 Å². The molecule has 0 bridgehead atoms. The Hall–Kier alpha value is -3.35. The number of anilines is 1. The number of nitrogens with one attached hydrogen (secondary N) is 3. The van der Waals surface area contributed by atoms with Crippen LogP contribution in [0.15, 0.2) is 59.3 Å². The lowest BCUT2D eigenvalue weighted by Crippen LogP contribution is -2.37. The summed E-state index contributed by atoms with van der Waals surface area (Å²) in [6, 6.07) is 11.4. The van der Waals surface area contributed by atoms with Crippen molar-refractivity contribution >= 4 is 17.6 Å². The minimum atomic E-state index is -0.851. The maximum atomic E-state index is 12.6. The Morgan fingerprint density at radius 1 is 1.17 bits per heavy atom. The third-order valence-corrected chi connectivity index (χ3v) is 3.53. The number of hydrogen-bond donors (Lipinski definition) is 3. The van der Waals surface area contributed by atoms with E-state index < -0.39 is 6.04 Å². The summed E-state index contributed by atoms with van der Waals surface area (Å²) < 4.78 is 5.14. The smallest absolute Gasteiger partial charge is 0.255 e. The van der Waals surface area contributed by atoms with Gasteiger partial charge in [0, 0.05) is 6.07 Å². The highest BCUT2D eigenvalue weighted by molar-refractivity contribution is 6.01. The first-order chi connectivity index (χ1) is 11.6. The van der Waals surface area contributed by atoms with Crippen molar-refractivity contribution in [3.05, 3.63) is 71.8 Å². The molecule has 1 atom stereocenters. The van der Waals surface area contributed by atoms with Gasteiger partial charge < -0.3 is 15.1 Å². The summed E-state index contributed by atoms with van der Waals surface area (Å²) in [6.07, 6.45) is 2.97.